The topological polar surface area (TPSA) is 85.8 Å². The summed E-state index contributed by atoms with van der Waals surface area (Å²) < 4.78 is 1.77. The van der Waals surface area contributed by atoms with Crippen molar-refractivity contribution >= 4 is 11.6 Å². The number of rotatable bonds is 5. The molecule has 0 aliphatic heterocycles. The van der Waals surface area contributed by atoms with Gasteiger partial charge in [-0.05, 0) is 31.0 Å². The third-order valence-electron chi connectivity index (χ3n) is 3.53. The van der Waals surface area contributed by atoms with Crippen LogP contribution in [0.15, 0.2) is 36.9 Å². The summed E-state index contributed by atoms with van der Waals surface area (Å²) in [6.45, 7) is 3.83. The third-order valence-corrected chi connectivity index (χ3v) is 3.53. The highest BCUT2D eigenvalue weighted by Gasteiger charge is 2.29. The molecule has 0 aliphatic carbocycles. The monoisotopic (exact) mass is 273 g/mol. The van der Waals surface area contributed by atoms with Crippen LogP contribution < -0.4 is 11.1 Å². The molecular formula is C14H19N5O. The third kappa shape index (κ3) is 2.85. The quantitative estimate of drug-likeness (QED) is 0.868. The van der Waals surface area contributed by atoms with Gasteiger partial charge >= 0.3 is 0 Å². The van der Waals surface area contributed by atoms with E-state index in [2.05, 4.69) is 15.5 Å². The summed E-state index contributed by atoms with van der Waals surface area (Å²) in [5, 5.41) is 10.4. The van der Waals surface area contributed by atoms with Crippen molar-refractivity contribution in [3.05, 3.63) is 36.9 Å². The van der Waals surface area contributed by atoms with Crippen molar-refractivity contribution in [3.63, 3.8) is 0 Å². The van der Waals surface area contributed by atoms with Gasteiger partial charge in [-0.3, -0.25) is 9.36 Å². The zero-order chi connectivity index (χ0) is 14.6. The summed E-state index contributed by atoms with van der Waals surface area (Å²) in [6.07, 6.45) is 4.40. The lowest BCUT2D eigenvalue weighted by atomic mass is 9.93. The van der Waals surface area contributed by atoms with Gasteiger partial charge in [-0.2, -0.15) is 0 Å². The number of benzene rings is 1. The molecule has 0 saturated heterocycles. The lowest BCUT2D eigenvalue weighted by Crippen LogP contribution is -2.50. The molecule has 0 bridgehead atoms. The van der Waals surface area contributed by atoms with Crippen molar-refractivity contribution in [2.75, 3.05) is 5.32 Å². The van der Waals surface area contributed by atoms with Crippen LogP contribution in [0.1, 0.15) is 26.7 Å². The normalized spacial score (nSPS) is 11.3. The van der Waals surface area contributed by atoms with Gasteiger partial charge in [-0.1, -0.05) is 19.9 Å². The second-order valence-electron chi connectivity index (χ2n) is 4.74. The number of carbonyl (C=O) groups excluding carboxylic acids is 1. The van der Waals surface area contributed by atoms with Crippen molar-refractivity contribution in [1.29, 1.82) is 0 Å². The zero-order valence-electron chi connectivity index (χ0n) is 11.7. The Bertz CT molecular complexity index is 575. The first kappa shape index (κ1) is 14.2. The number of carbonyl (C=O) groups is 1. The van der Waals surface area contributed by atoms with Crippen LogP contribution in [0.5, 0.6) is 0 Å². The molecule has 0 fully saturated rings. The predicted octanol–water partition coefficient (Wildman–Crippen LogP) is 1.72. The number of nitrogens with zero attached hydrogens (tertiary/aromatic N) is 3. The summed E-state index contributed by atoms with van der Waals surface area (Å²) in [5.74, 6) is -0.164. The van der Waals surface area contributed by atoms with Crippen molar-refractivity contribution in [1.82, 2.24) is 14.8 Å². The lowest BCUT2D eigenvalue weighted by molar-refractivity contribution is -0.121. The van der Waals surface area contributed by atoms with Crippen LogP contribution in [0.2, 0.25) is 0 Å². The van der Waals surface area contributed by atoms with E-state index in [1.165, 1.54) is 0 Å². The van der Waals surface area contributed by atoms with Gasteiger partial charge in [0.25, 0.3) is 0 Å². The average molecular weight is 273 g/mol. The van der Waals surface area contributed by atoms with Gasteiger partial charge in [0.05, 0.1) is 11.2 Å². The molecule has 2 rings (SSSR count). The van der Waals surface area contributed by atoms with E-state index in [-0.39, 0.29) is 5.91 Å². The average Bonchev–Trinajstić information content (AvgIpc) is 3.01. The van der Waals surface area contributed by atoms with Crippen LogP contribution in [-0.4, -0.2) is 26.2 Å². The summed E-state index contributed by atoms with van der Waals surface area (Å²) in [6, 6.07) is 7.46. The fourth-order valence-electron chi connectivity index (χ4n) is 1.90. The van der Waals surface area contributed by atoms with E-state index in [0.29, 0.717) is 18.5 Å². The number of nitrogens with two attached hydrogens (primary N) is 1. The highest BCUT2D eigenvalue weighted by molar-refractivity contribution is 5.98. The molecule has 1 aromatic carbocycles. The van der Waals surface area contributed by atoms with E-state index in [1.54, 1.807) is 17.2 Å². The van der Waals surface area contributed by atoms with Gasteiger partial charge in [-0.25, -0.2) is 0 Å². The molecular weight excluding hydrogens is 254 g/mol. The van der Waals surface area contributed by atoms with Crippen LogP contribution in [0.3, 0.4) is 0 Å². The Kier molecular flexibility index (Phi) is 4.14. The van der Waals surface area contributed by atoms with Crippen molar-refractivity contribution in [2.45, 2.75) is 32.2 Å². The van der Waals surface area contributed by atoms with E-state index in [9.17, 15) is 4.79 Å². The van der Waals surface area contributed by atoms with Gasteiger partial charge in [0, 0.05) is 5.69 Å². The van der Waals surface area contributed by atoms with Gasteiger partial charge in [0.15, 0.2) is 0 Å². The second-order valence-corrected chi connectivity index (χ2v) is 4.74. The maximum atomic E-state index is 12.2. The van der Waals surface area contributed by atoms with E-state index in [0.717, 1.165) is 5.69 Å². The Balaban J connectivity index is 2.19. The largest absolute Gasteiger partial charge is 0.324 e. The first-order valence-corrected chi connectivity index (χ1v) is 6.64. The highest BCUT2D eigenvalue weighted by atomic mass is 16.2. The maximum Gasteiger partial charge on any atom is 0.244 e. The number of amides is 1. The first-order valence-electron chi connectivity index (χ1n) is 6.64. The minimum atomic E-state index is -0.827. The molecule has 2 aromatic rings. The Morgan fingerprint density at radius 3 is 2.55 bits per heavy atom. The fraction of sp³-hybridized carbons (Fsp3) is 0.357. The highest BCUT2D eigenvalue weighted by Crippen LogP contribution is 2.18. The van der Waals surface area contributed by atoms with Crippen LogP contribution in [0.4, 0.5) is 5.69 Å². The van der Waals surface area contributed by atoms with E-state index in [1.807, 2.05) is 38.1 Å². The minimum absolute atomic E-state index is 0.164. The number of hydrogen-bond acceptors (Lipinski definition) is 4. The molecule has 6 nitrogen and oxygen atoms in total. The van der Waals surface area contributed by atoms with Gasteiger partial charge in [0.1, 0.15) is 12.7 Å². The fourth-order valence-corrected chi connectivity index (χ4v) is 1.90. The van der Waals surface area contributed by atoms with Gasteiger partial charge in [0.2, 0.25) is 5.91 Å². The molecule has 1 aromatic heterocycles. The smallest absolute Gasteiger partial charge is 0.244 e. The Labute approximate surface area is 118 Å². The van der Waals surface area contributed by atoms with Crippen LogP contribution in [0, 0.1) is 0 Å². The Hall–Kier alpha value is -2.21. The lowest BCUT2D eigenvalue weighted by Gasteiger charge is -2.25. The molecule has 1 heterocycles. The van der Waals surface area contributed by atoms with E-state index < -0.39 is 5.54 Å². The predicted molar refractivity (Wildman–Crippen MR) is 77.5 cm³/mol. The number of hydrogen-bond donors (Lipinski definition) is 2. The maximum absolute atomic E-state index is 12.2. The first-order chi connectivity index (χ1) is 9.59. The molecule has 1 amide bonds. The second kappa shape index (κ2) is 5.83. The summed E-state index contributed by atoms with van der Waals surface area (Å²) in [7, 11) is 0. The van der Waals surface area contributed by atoms with Crippen LogP contribution in [-0.2, 0) is 4.79 Å². The molecule has 0 unspecified atom stereocenters. The van der Waals surface area contributed by atoms with Crippen molar-refractivity contribution in [2.24, 2.45) is 5.73 Å². The summed E-state index contributed by atoms with van der Waals surface area (Å²) in [5.41, 5.74) is 6.84. The Morgan fingerprint density at radius 2 is 1.95 bits per heavy atom. The molecule has 0 spiro atoms. The molecule has 0 aliphatic rings. The van der Waals surface area contributed by atoms with Crippen LogP contribution in [0.25, 0.3) is 5.69 Å². The van der Waals surface area contributed by atoms with E-state index >= 15 is 0 Å². The standard InChI is InChI=1S/C14H19N5O/c1-3-14(15,4-2)13(20)18-11-6-5-7-12(8-11)19-9-16-17-10-19/h5-10H,3-4,15H2,1-2H3,(H,18,20). The molecule has 3 N–H and O–H groups in total. The summed E-state index contributed by atoms with van der Waals surface area (Å²) in [4.78, 5) is 12.2. The number of anilines is 1. The molecule has 0 atom stereocenters. The summed E-state index contributed by atoms with van der Waals surface area (Å²) >= 11 is 0. The molecule has 0 radical (unpaired) electrons. The van der Waals surface area contributed by atoms with Crippen molar-refractivity contribution in [3.8, 4) is 5.69 Å². The Morgan fingerprint density at radius 1 is 1.30 bits per heavy atom. The van der Waals surface area contributed by atoms with Gasteiger partial charge in [-0.15, -0.1) is 10.2 Å². The SMILES string of the molecule is CCC(N)(CC)C(=O)Nc1cccc(-n2cnnc2)c1. The molecule has 20 heavy (non-hydrogen) atoms. The number of nitrogens with one attached hydrogen (secondary N) is 1. The number of aromatic nitrogens is 3. The van der Waals surface area contributed by atoms with Crippen molar-refractivity contribution < 1.29 is 4.79 Å². The van der Waals surface area contributed by atoms with Gasteiger partial charge < -0.3 is 11.1 Å². The molecule has 6 heteroatoms. The molecule has 0 saturated carbocycles. The van der Waals surface area contributed by atoms with Crippen LogP contribution >= 0.6 is 0 Å². The molecule has 106 valence electrons. The zero-order valence-corrected chi connectivity index (χ0v) is 11.7. The van der Waals surface area contributed by atoms with E-state index in [4.69, 9.17) is 5.73 Å². The minimum Gasteiger partial charge on any atom is -0.324 e.